The van der Waals surface area contributed by atoms with Gasteiger partial charge in [0.25, 0.3) is 5.91 Å². The van der Waals surface area contributed by atoms with Crippen molar-refractivity contribution >= 4 is 23.4 Å². The Kier molecular flexibility index (Phi) is 5.27. The molecule has 0 bridgehead atoms. The maximum absolute atomic E-state index is 12.5. The van der Waals surface area contributed by atoms with Crippen molar-refractivity contribution in [2.45, 2.75) is 45.2 Å². The van der Waals surface area contributed by atoms with Gasteiger partial charge in [-0.1, -0.05) is 0 Å². The van der Waals surface area contributed by atoms with E-state index in [1.165, 1.54) is 0 Å². The maximum Gasteiger partial charge on any atom is 0.251 e. The Morgan fingerprint density at radius 1 is 1.27 bits per heavy atom. The van der Waals surface area contributed by atoms with Gasteiger partial charge in [0.05, 0.1) is 12.5 Å². The highest BCUT2D eigenvalue weighted by atomic mass is 16.2. The van der Waals surface area contributed by atoms with Crippen molar-refractivity contribution in [2.75, 3.05) is 18.4 Å². The third-order valence-corrected chi connectivity index (χ3v) is 5.30. The van der Waals surface area contributed by atoms with Crippen LogP contribution in [0, 0.1) is 5.92 Å². The van der Waals surface area contributed by atoms with E-state index in [4.69, 9.17) is 5.73 Å². The molecule has 2 unspecified atom stereocenters. The lowest BCUT2D eigenvalue weighted by Gasteiger charge is -2.35. The summed E-state index contributed by atoms with van der Waals surface area (Å²) in [6.45, 7) is 5.07. The first-order valence-electron chi connectivity index (χ1n) is 9.13. The zero-order valence-electron chi connectivity index (χ0n) is 15.2. The van der Waals surface area contributed by atoms with Crippen LogP contribution in [0.15, 0.2) is 18.2 Å². The SMILES string of the molecule is CC(N)C(=O)N1CCC(C(C)NC(=O)c2ccc3c(c2)CC(=O)N3)CC1. The summed E-state index contributed by atoms with van der Waals surface area (Å²) in [6.07, 6.45) is 2.02. The van der Waals surface area contributed by atoms with Gasteiger partial charge in [-0.2, -0.15) is 0 Å². The summed E-state index contributed by atoms with van der Waals surface area (Å²) in [7, 11) is 0. The Bertz CT molecular complexity index is 723. The van der Waals surface area contributed by atoms with Crippen LogP contribution in [0.3, 0.4) is 0 Å². The Hall–Kier alpha value is -2.41. The number of anilines is 1. The van der Waals surface area contributed by atoms with Crippen molar-refractivity contribution < 1.29 is 14.4 Å². The van der Waals surface area contributed by atoms with Gasteiger partial charge in [-0.15, -0.1) is 0 Å². The number of nitrogens with two attached hydrogens (primary N) is 1. The quantitative estimate of drug-likeness (QED) is 0.743. The van der Waals surface area contributed by atoms with Crippen molar-refractivity contribution in [3.63, 3.8) is 0 Å². The molecule has 1 aromatic carbocycles. The molecule has 1 saturated heterocycles. The van der Waals surface area contributed by atoms with E-state index in [0.29, 0.717) is 31.0 Å². The van der Waals surface area contributed by atoms with Gasteiger partial charge in [0.15, 0.2) is 0 Å². The van der Waals surface area contributed by atoms with Gasteiger partial charge in [0, 0.05) is 30.4 Å². The van der Waals surface area contributed by atoms with Gasteiger partial charge < -0.3 is 21.3 Å². The average molecular weight is 358 g/mol. The molecule has 0 radical (unpaired) electrons. The smallest absolute Gasteiger partial charge is 0.251 e. The van der Waals surface area contributed by atoms with Gasteiger partial charge in [-0.25, -0.2) is 0 Å². The highest BCUT2D eigenvalue weighted by molar-refractivity contribution is 6.01. The molecule has 0 saturated carbocycles. The van der Waals surface area contributed by atoms with Crippen molar-refractivity contribution in [1.82, 2.24) is 10.2 Å². The molecule has 2 heterocycles. The topological polar surface area (TPSA) is 105 Å². The summed E-state index contributed by atoms with van der Waals surface area (Å²) < 4.78 is 0. The van der Waals surface area contributed by atoms with Crippen molar-refractivity contribution in [1.29, 1.82) is 0 Å². The van der Waals surface area contributed by atoms with Gasteiger partial charge in [-0.3, -0.25) is 14.4 Å². The molecule has 1 fully saturated rings. The molecular weight excluding hydrogens is 332 g/mol. The molecule has 2 aliphatic rings. The Labute approximate surface area is 153 Å². The highest BCUT2D eigenvalue weighted by Gasteiger charge is 2.28. The van der Waals surface area contributed by atoms with E-state index in [2.05, 4.69) is 10.6 Å². The van der Waals surface area contributed by atoms with E-state index in [9.17, 15) is 14.4 Å². The van der Waals surface area contributed by atoms with Crippen LogP contribution in [0.5, 0.6) is 0 Å². The summed E-state index contributed by atoms with van der Waals surface area (Å²) >= 11 is 0. The number of hydrogen-bond donors (Lipinski definition) is 3. The first-order chi connectivity index (χ1) is 12.3. The number of hydrogen-bond acceptors (Lipinski definition) is 4. The van der Waals surface area contributed by atoms with Crippen LogP contribution >= 0.6 is 0 Å². The predicted molar refractivity (Wildman–Crippen MR) is 98.7 cm³/mol. The standard InChI is InChI=1S/C19H26N4O3/c1-11(20)19(26)23-7-5-13(6-8-23)12(2)21-18(25)14-3-4-16-15(9-14)10-17(24)22-16/h3-4,9,11-13H,5-8,10,20H2,1-2H3,(H,21,25)(H,22,24). The molecule has 0 aromatic heterocycles. The molecule has 0 spiro atoms. The van der Waals surface area contributed by atoms with Crippen molar-refractivity contribution in [3.8, 4) is 0 Å². The predicted octanol–water partition coefficient (Wildman–Crippen LogP) is 0.885. The van der Waals surface area contributed by atoms with Crippen LogP contribution in [0.2, 0.25) is 0 Å². The van der Waals surface area contributed by atoms with E-state index >= 15 is 0 Å². The molecule has 1 aromatic rings. The van der Waals surface area contributed by atoms with E-state index in [1.807, 2.05) is 6.92 Å². The third-order valence-electron chi connectivity index (χ3n) is 5.30. The van der Waals surface area contributed by atoms with Crippen LogP contribution in [0.4, 0.5) is 5.69 Å². The lowest BCUT2D eigenvalue weighted by Crippen LogP contribution is -2.49. The van der Waals surface area contributed by atoms with Crippen molar-refractivity contribution in [2.24, 2.45) is 11.7 Å². The maximum atomic E-state index is 12.5. The number of nitrogens with zero attached hydrogens (tertiary/aromatic N) is 1. The largest absolute Gasteiger partial charge is 0.349 e. The minimum Gasteiger partial charge on any atom is -0.349 e. The fourth-order valence-corrected chi connectivity index (χ4v) is 3.69. The zero-order chi connectivity index (χ0) is 18.8. The van der Waals surface area contributed by atoms with Gasteiger partial charge in [0.1, 0.15) is 0 Å². The second-order valence-corrected chi connectivity index (χ2v) is 7.31. The normalized spacial score (nSPS) is 19.5. The number of amides is 3. The van der Waals surface area contributed by atoms with E-state index in [0.717, 1.165) is 24.1 Å². The summed E-state index contributed by atoms with van der Waals surface area (Å²) in [4.78, 5) is 37.7. The number of rotatable bonds is 4. The van der Waals surface area contributed by atoms with Gasteiger partial charge >= 0.3 is 0 Å². The Balaban J connectivity index is 1.55. The lowest BCUT2D eigenvalue weighted by molar-refractivity contribution is -0.133. The Morgan fingerprint density at radius 2 is 1.96 bits per heavy atom. The first kappa shape index (κ1) is 18.4. The number of piperidine rings is 1. The molecule has 3 amide bonds. The molecule has 7 nitrogen and oxygen atoms in total. The molecule has 4 N–H and O–H groups in total. The molecule has 7 heteroatoms. The molecular formula is C19H26N4O3. The number of likely N-dealkylation sites (tertiary alicyclic amines) is 1. The Morgan fingerprint density at radius 3 is 2.62 bits per heavy atom. The van der Waals surface area contributed by atoms with Crippen LogP contribution in [-0.2, 0) is 16.0 Å². The first-order valence-corrected chi connectivity index (χ1v) is 9.13. The number of carbonyl (C=O) groups excluding carboxylic acids is 3. The minimum atomic E-state index is -0.468. The van der Waals surface area contributed by atoms with Crippen LogP contribution in [-0.4, -0.2) is 47.8 Å². The second kappa shape index (κ2) is 7.45. The van der Waals surface area contributed by atoms with Crippen LogP contribution in [0.25, 0.3) is 0 Å². The van der Waals surface area contributed by atoms with Crippen molar-refractivity contribution in [3.05, 3.63) is 29.3 Å². The molecule has 0 aliphatic carbocycles. The number of carbonyl (C=O) groups is 3. The second-order valence-electron chi connectivity index (χ2n) is 7.31. The van der Waals surface area contributed by atoms with Crippen LogP contribution < -0.4 is 16.4 Å². The molecule has 2 aliphatic heterocycles. The van der Waals surface area contributed by atoms with E-state index in [-0.39, 0.29) is 23.8 Å². The minimum absolute atomic E-state index is 0.0126. The number of benzene rings is 1. The zero-order valence-corrected chi connectivity index (χ0v) is 15.2. The van der Waals surface area contributed by atoms with Gasteiger partial charge in [0.2, 0.25) is 11.8 Å². The summed E-state index contributed by atoms with van der Waals surface area (Å²) in [5.74, 6) is 0.142. The monoisotopic (exact) mass is 358 g/mol. The van der Waals surface area contributed by atoms with Gasteiger partial charge in [-0.05, 0) is 56.4 Å². The van der Waals surface area contributed by atoms with E-state index < -0.39 is 6.04 Å². The third kappa shape index (κ3) is 3.88. The average Bonchev–Trinajstić information content (AvgIpc) is 3.00. The number of fused-ring (bicyclic) bond motifs is 1. The number of nitrogens with one attached hydrogen (secondary N) is 2. The van der Waals surface area contributed by atoms with Crippen LogP contribution in [0.1, 0.15) is 42.6 Å². The fourth-order valence-electron chi connectivity index (χ4n) is 3.69. The lowest BCUT2D eigenvalue weighted by atomic mass is 9.90. The highest BCUT2D eigenvalue weighted by Crippen LogP contribution is 2.25. The summed E-state index contributed by atoms with van der Waals surface area (Å²) in [5, 5.41) is 5.83. The molecule has 3 rings (SSSR count). The molecule has 140 valence electrons. The van der Waals surface area contributed by atoms with E-state index in [1.54, 1.807) is 30.0 Å². The summed E-state index contributed by atoms with van der Waals surface area (Å²) in [5.41, 5.74) is 7.87. The molecule has 2 atom stereocenters. The fraction of sp³-hybridized carbons (Fsp3) is 0.526. The molecule has 26 heavy (non-hydrogen) atoms. The summed E-state index contributed by atoms with van der Waals surface area (Å²) in [6, 6.07) is 4.83.